The molecule has 0 spiro atoms. The Morgan fingerprint density at radius 3 is 2.77 bits per heavy atom. The third kappa shape index (κ3) is 4.65. The minimum absolute atomic E-state index is 0.0478. The van der Waals surface area contributed by atoms with Crippen LogP contribution < -0.4 is 5.32 Å². The third-order valence-corrected chi connectivity index (χ3v) is 4.62. The third-order valence-electron chi connectivity index (χ3n) is 3.71. The molecule has 2 aromatic carbocycles. The van der Waals surface area contributed by atoms with Crippen molar-refractivity contribution in [3.05, 3.63) is 87.9 Å². The highest BCUT2D eigenvalue weighted by atomic mass is 32.1. The summed E-state index contributed by atoms with van der Waals surface area (Å²) in [4.78, 5) is 17.6. The number of rotatable bonds is 5. The average Bonchev–Trinajstić information content (AvgIpc) is 3.07. The number of hydrogen-bond donors (Lipinski definition) is 1. The van der Waals surface area contributed by atoms with Crippen molar-refractivity contribution in [2.45, 2.75) is 13.3 Å². The number of nitrogens with zero attached hydrogens (tertiary/aromatic N) is 2. The zero-order valence-electron chi connectivity index (χ0n) is 14.3. The van der Waals surface area contributed by atoms with Gasteiger partial charge in [-0.3, -0.25) is 10.1 Å². The zero-order valence-corrected chi connectivity index (χ0v) is 15.1. The van der Waals surface area contributed by atoms with Gasteiger partial charge in [-0.15, -0.1) is 11.3 Å². The highest BCUT2D eigenvalue weighted by molar-refractivity contribution is 7.15. The summed E-state index contributed by atoms with van der Waals surface area (Å²) in [5.74, 6) is -0.451. The molecule has 1 N–H and O–H groups in total. The van der Waals surface area contributed by atoms with Crippen molar-refractivity contribution >= 4 is 28.5 Å². The first-order valence-corrected chi connectivity index (χ1v) is 8.94. The van der Waals surface area contributed by atoms with Crippen molar-refractivity contribution in [3.8, 4) is 6.07 Å². The minimum Gasteiger partial charge on any atom is -0.297 e. The number of carbonyl (C=O) groups is 1. The van der Waals surface area contributed by atoms with Gasteiger partial charge in [-0.2, -0.15) is 5.26 Å². The highest BCUT2D eigenvalue weighted by Gasteiger charge is 2.12. The molecule has 5 heteroatoms. The Labute approximate surface area is 156 Å². The van der Waals surface area contributed by atoms with E-state index in [0.717, 1.165) is 16.9 Å². The van der Waals surface area contributed by atoms with Gasteiger partial charge in [0.05, 0.1) is 0 Å². The first kappa shape index (κ1) is 17.6. The highest BCUT2D eigenvalue weighted by Crippen LogP contribution is 2.22. The number of amides is 1. The summed E-state index contributed by atoms with van der Waals surface area (Å²) in [5, 5.41) is 12.5. The van der Waals surface area contributed by atoms with E-state index in [1.54, 1.807) is 12.3 Å². The summed E-state index contributed by atoms with van der Waals surface area (Å²) in [6, 6.07) is 19.5. The molecule has 0 fully saturated rings. The Morgan fingerprint density at radius 2 is 2.04 bits per heavy atom. The molecule has 0 radical (unpaired) electrons. The molecule has 1 amide bonds. The molecule has 3 aromatic rings. The van der Waals surface area contributed by atoms with E-state index in [0.29, 0.717) is 5.13 Å². The Balaban J connectivity index is 1.69. The van der Waals surface area contributed by atoms with Crippen LogP contribution in [0.15, 0.2) is 66.4 Å². The topological polar surface area (TPSA) is 65.8 Å². The van der Waals surface area contributed by atoms with Crippen molar-refractivity contribution in [2.75, 3.05) is 5.32 Å². The number of thiazole rings is 1. The quantitative estimate of drug-likeness (QED) is 0.535. The molecule has 0 bridgehead atoms. The number of nitrogens with one attached hydrogen (secondary N) is 1. The van der Waals surface area contributed by atoms with Gasteiger partial charge in [-0.05, 0) is 24.1 Å². The van der Waals surface area contributed by atoms with Crippen LogP contribution in [-0.4, -0.2) is 10.9 Å². The molecular formula is C21H17N3OS. The molecule has 128 valence electrons. The molecular weight excluding hydrogens is 342 g/mol. The summed E-state index contributed by atoms with van der Waals surface area (Å²) in [5.41, 5.74) is 3.27. The van der Waals surface area contributed by atoms with Gasteiger partial charge in [0.25, 0.3) is 5.91 Å². The van der Waals surface area contributed by atoms with Gasteiger partial charge in [-0.25, -0.2) is 4.98 Å². The van der Waals surface area contributed by atoms with Crippen LogP contribution in [0.5, 0.6) is 0 Å². The number of benzene rings is 2. The second-order valence-corrected chi connectivity index (χ2v) is 6.95. The van der Waals surface area contributed by atoms with Crippen LogP contribution in [0.25, 0.3) is 6.08 Å². The van der Waals surface area contributed by atoms with Crippen molar-refractivity contribution < 1.29 is 4.79 Å². The second kappa shape index (κ2) is 8.24. The number of aromatic nitrogens is 1. The second-order valence-electron chi connectivity index (χ2n) is 5.83. The summed E-state index contributed by atoms with van der Waals surface area (Å²) >= 11 is 1.42. The normalized spacial score (nSPS) is 11.0. The molecule has 4 nitrogen and oxygen atoms in total. The Bertz CT molecular complexity index is 984. The number of carbonyl (C=O) groups excluding carboxylic acids is 1. The SMILES string of the molecule is Cc1cccc(Cc2cnc(NC(=O)C(C#N)=Cc3ccccc3)s2)c1. The van der Waals surface area contributed by atoms with Crippen LogP contribution in [0, 0.1) is 18.3 Å². The predicted octanol–water partition coefficient (Wildman–Crippen LogP) is 4.59. The van der Waals surface area contributed by atoms with Crippen LogP contribution in [0.2, 0.25) is 0 Å². The fraction of sp³-hybridized carbons (Fsp3) is 0.0952. The molecule has 1 aromatic heterocycles. The summed E-state index contributed by atoms with van der Waals surface area (Å²) < 4.78 is 0. The maximum atomic E-state index is 12.3. The average molecular weight is 359 g/mol. The van der Waals surface area contributed by atoms with E-state index in [-0.39, 0.29) is 5.57 Å². The molecule has 0 aliphatic heterocycles. The molecule has 0 saturated heterocycles. The van der Waals surface area contributed by atoms with Gasteiger partial charge < -0.3 is 0 Å². The number of anilines is 1. The molecule has 0 unspecified atom stereocenters. The molecule has 26 heavy (non-hydrogen) atoms. The van der Waals surface area contributed by atoms with Gasteiger partial charge >= 0.3 is 0 Å². The lowest BCUT2D eigenvalue weighted by Gasteiger charge is -2.01. The van der Waals surface area contributed by atoms with Crippen molar-refractivity contribution in [3.63, 3.8) is 0 Å². The number of aryl methyl sites for hydroxylation is 1. The fourth-order valence-electron chi connectivity index (χ4n) is 2.50. The Kier molecular flexibility index (Phi) is 5.57. The van der Waals surface area contributed by atoms with E-state index < -0.39 is 5.91 Å². The molecule has 0 atom stereocenters. The van der Waals surface area contributed by atoms with Crippen molar-refractivity contribution in [2.24, 2.45) is 0 Å². The predicted molar refractivity (Wildman–Crippen MR) is 105 cm³/mol. The van der Waals surface area contributed by atoms with Gasteiger partial charge in [0.1, 0.15) is 11.6 Å². The van der Waals surface area contributed by atoms with Crippen molar-refractivity contribution in [1.82, 2.24) is 4.98 Å². The zero-order chi connectivity index (χ0) is 18.4. The van der Waals surface area contributed by atoms with Gasteiger partial charge in [0.15, 0.2) is 5.13 Å². The van der Waals surface area contributed by atoms with E-state index in [4.69, 9.17) is 0 Å². The van der Waals surface area contributed by atoms with E-state index in [2.05, 4.69) is 35.4 Å². The first-order chi connectivity index (χ1) is 12.6. The van der Waals surface area contributed by atoms with E-state index in [9.17, 15) is 10.1 Å². The van der Waals surface area contributed by atoms with Gasteiger partial charge in [-0.1, -0.05) is 60.2 Å². The molecule has 1 heterocycles. The summed E-state index contributed by atoms with van der Waals surface area (Å²) in [6.45, 7) is 2.06. The van der Waals surface area contributed by atoms with Gasteiger partial charge in [0, 0.05) is 17.5 Å². The van der Waals surface area contributed by atoms with Crippen LogP contribution in [0.3, 0.4) is 0 Å². The lowest BCUT2D eigenvalue weighted by molar-refractivity contribution is -0.112. The lowest BCUT2D eigenvalue weighted by atomic mass is 10.1. The van der Waals surface area contributed by atoms with E-state index >= 15 is 0 Å². The molecule has 0 aliphatic carbocycles. The van der Waals surface area contributed by atoms with E-state index in [1.165, 1.54) is 22.5 Å². The first-order valence-electron chi connectivity index (χ1n) is 8.12. The lowest BCUT2D eigenvalue weighted by Crippen LogP contribution is -2.13. The smallest absolute Gasteiger partial charge is 0.268 e. The Morgan fingerprint density at radius 1 is 1.23 bits per heavy atom. The van der Waals surface area contributed by atoms with Crippen molar-refractivity contribution in [1.29, 1.82) is 5.26 Å². The summed E-state index contributed by atoms with van der Waals surface area (Å²) in [7, 11) is 0. The fourth-order valence-corrected chi connectivity index (χ4v) is 3.34. The monoisotopic (exact) mass is 359 g/mol. The molecule has 0 aliphatic rings. The number of nitriles is 1. The number of hydrogen-bond acceptors (Lipinski definition) is 4. The summed E-state index contributed by atoms with van der Waals surface area (Å²) in [6.07, 6.45) is 4.09. The maximum absolute atomic E-state index is 12.3. The van der Waals surface area contributed by atoms with Crippen LogP contribution >= 0.6 is 11.3 Å². The van der Waals surface area contributed by atoms with Gasteiger partial charge in [0.2, 0.25) is 0 Å². The minimum atomic E-state index is -0.451. The van der Waals surface area contributed by atoms with E-state index in [1.807, 2.05) is 42.5 Å². The molecule has 0 saturated carbocycles. The van der Waals surface area contributed by atoms with Crippen LogP contribution in [0.1, 0.15) is 21.6 Å². The van der Waals surface area contributed by atoms with Crippen LogP contribution in [0.4, 0.5) is 5.13 Å². The largest absolute Gasteiger partial charge is 0.297 e. The van der Waals surface area contributed by atoms with Crippen LogP contribution in [-0.2, 0) is 11.2 Å². The Hall–Kier alpha value is -3.23. The standard InChI is InChI=1S/C21H17N3OS/c1-15-6-5-9-17(10-15)12-19-14-23-21(26-19)24-20(25)18(13-22)11-16-7-3-2-4-8-16/h2-11,14H,12H2,1H3,(H,23,24,25). The molecule has 3 rings (SSSR count). The maximum Gasteiger partial charge on any atom is 0.268 e.